The predicted molar refractivity (Wildman–Crippen MR) is 101 cm³/mol. The molecule has 0 aliphatic carbocycles. The van der Waals surface area contributed by atoms with Gasteiger partial charge in [0.1, 0.15) is 0 Å². The molecule has 0 unspecified atom stereocenters. The molecule has 0 atom stereocenters. The third-order valence-corrected chi connectivity index (χ3v) is 3.96. The lowest BCUT2D eigenvalue weighted by Crippen LogP contribution is -1.85. The Morgan fingerprint density at radius 1 is 0.696 bits per heavy atom. The number of hydrogen-bond acceptors (Lipinski definition) is 0. The summed E-state index contributed by atoms with van der Waals surface area (Å²) in [6.07, 6.45) is 1.95. The summed E-state index contributed by atoms with van der Waals surface area (Å²) < 4.78 is 1.07. The molecule has 0 spiro atoms. The van der Waals surface area contributed by atoms with Gasteiger partial charge >= 0.3 is 0 Å². The normalized spacial score (nSPS) is 9.61. The first kappa shape index (κ1) is 15.3. The van der Waals surface area contributed by atoms with Gasteiger partial charge in [-0.2, -0.15) is 0 Å². The second kappa shape index (κ2) is 7.63. The maximum atomic E-state index is 3.48. The van der Waals surface area contributed by atoms with Crippen molar-refractivity contribution in [1.82, 2.24) is 0 Å². The van der Waals surface area contributed by atoms with Crippen molar-refractivity contribution in [1.29, 1.82) is 0 Å². The highest BCUT2D eigenvalue weighted by Gasteiger charge is 2.03. The average Bonchev–Trinajstić information content (AvgIpc) is 2.61. The van der Waals surface area contributed by atoms with E-state index >= 15 is 0 Å². The molecule has 3 aromatic rings. The highest BCUT2D eigenvalue weighted by molar-refractivity contribution is 9.10. The minimum atomic E-state index is 1.03. The Hall–Kier alpha value is -2.56. The summed E-state index contributed by atoms with van der Waals surface area (Å²) >= 11 is 3.48. The van der Waals surface area contributed by atoms with Crippen molar-refractivity contribution in [3.05, 3.63) is 118 Å². The molecule has 0 nitrogen and oxygen atoms in total. The zero-order chi connectivity index (χ0) is 15.9. The van der Waals surface area contributed by atoms with Crippen molar-refractivity contribution in [2.45, 2.75) is 0 Å². The molecule has 23 heavy (non-hydrogen) atoms. The molecule has 0 radical (unpaired) electrons. The van der Waals surface area contributed by atoms with Crippen LogP contribution in [0.3, 0.4) is 0 Å². The molecule has 0 aliphatic heterocycles. The topological polar surface area (TPSA) is 0 Å². The smallest absolute Gasteiger partial charge is 0.0393 e. The summed E-state index contributed by atoms with van der Waals surface area (Å²) in [5, 5.41) is 0. The van der Waals surface area contributed by atoms with Crippen LogP contribution in [-0.4, -0.2) is 0 Å². The lowest BCUT2D eigenvalue weighted by Gasteiger charge is -2.05. The van der Waals surface area contributed by atoms with E-state index < -0.39 is 0 Å². The molecule has 0 heterocycles. The quantitative estimate of drug-likeness (QED) is 0.478. The SMILES string of the molecule is Brc1ccc(C(=C=C=Cc2ccccc2)c2ccccc2)cc1. The molecule has 0 saturated carbocycles. The maximum absolute atomic E-state index is 3.48. The van der Waals surface area contributed by atoms with Crippen LogP contribution in [0.4, 0.5) is 0 Å². The number of hydrogen-bond donors (Lipinski definition) is 0. The minimum Gasteiger partial charge on any atom is -0.0689 e. The summed E-state index contributed by atoms with van der Waals surface area (Å²) in [7, 11) is 0. The molecule has 0 saturated heterocycles. The Morgan fingerprint density at radius 2 is 1.26 bits per heavy atom. The van der Waals surface area contributed by atoms with Gasteiger partial charge in [-0.3, -0.25) is 0 Å². The minimum absolute atomic E-state index is 1.03. The van der Waals surface area contributed by atoms with Crippen LogP contribution in [0, 0.1) is 0 Å². The van der Waals surface area contributed by atoms with Gasteiger partial charge in [0.25, 0.3) is 0 Å². The summed E-state index contributed by atoms with van der Waals surface area (Å²) in [5.74, 6) is 0. The van der Waals surface area contributed by atoms with Gasteiger partial charge in [-0.1, -0.05) is 100 Å². The molecular weight excluding hydrogens is 344 g/mol. The van der Waals surface area contributed by atoms with Crippen molar-refractivity contribution in [2.75, 3.05) is 0 Å². The van der Waals surface area contributed by atoms with Crippen molar-refractivity contribution in [3.63, 3.8) is 0 Å². The van der Waals surface area contributed by atoms with E-state index in [2.05, 4.69) is 63.8 Å². The lowest BCUT2D eigenvalue weighted by molar-refractivity contribution is 1.54. The van der Waals surface area contributed by atoms with E-state index in [1.54, 1.807) is 0 Å². The molecule has 0 amide bonds. The first-order valence-electron chi connectivity index (χ1n) is 7.41. The first-order valence-corrected chi connectivity index (χ1v) is 8.20. The fourth-order valence-corrected chi connectivity index (χ4v) is 2.54. The monoisotopic (exact) mass is 358 g/mol. The standard InChI is InChI=1S/C22H15Br/c23-21-16-14-20(15-17-21)22(19-11-5-2-6-12-19)13-7-10-18-8-3-1-4-9-18/h1-6,8-12,14-17H. The van der Waals surface area contributed by atoms with Crippen molar-refractivity contribution < 1.29 is 0 Å². The number of rotatable bonds is 3. The Balaban J connectivity index is 2.10. The summed E-state index contributed by atoms with van der Waals surface area (Å²) in [4.78, 5) is 0. The van der Waals surface area contributed by atoms with Crippen molar-refractivity contribution in [3.8, 4) is 0 Å². The fraction of sp³-hybridized carbons (Fsp3) is 0. The van der Waals surface area contributed by atoms with Crippen LogP contribution in [0.1, 0.15) is 16.7 Å². The third kappa shape index (κ3) is 4.22. The van der Waals surface area contributed by atoms with Gasteiger partial charge < -0.3 is 0 Å². The molecule has 0 aliphatic rings. The lowest BCUT2D eigenvalue weighted by atomic mass is 9.99. The van der Waals surface area contributed by atoms with E-state index in [1.807, 2.05) is 54.6 Å². The Labute approximate surface area is 145 Å². The van der Waals surface area contributed by atoms with Gasteiger partial charge in [0.15, 0.2) is 0 Å². The van der Waals surface area contributed by atoms with Crippen LogP contribution in [0.2, 0.25) is 0 Å². The molecule has 0 aromatic heterocycles. The second-order valence-corrected chi connectivity index (χ2v) is 5.99. The molecule has 1 heteroatoms. The fourth-order valence-electron chi connectivity index (χ4n) is 2.27. The van der Waals surface area contributed by atoms with Gasteiger partial charge in [0, 0.05) is 10.0 Å². The molecule has 0 bridgehead atoms. The zero-order valence-electron chi connectivity index (χ0n) is 12.5. The maximum Gasteiger partial charge on any atom is 0.0393 e. The van der Waals surface area contributed by atoms with E-state index in [4.69, 9.17) is 0 Å². The molecule has 3 rings (SSSR count). The largest absolute Gasteiger partial charge is 0.0689 e. The zero-order valence-corrected chi connectivity index (χ0v) is 14.1. The number of benzene rings is 3. The highest BCUT2D eigenvalue weighted by atomic mass is 79.9. The van der Waals surface area contributed by atoms with E-state index in [-0.39, 0.29) is 0 Å². The van der Waals surface area contributed by atoms with E-state index in [9.17, 15) is 0 Å². The second-order valence-electron chi connectivity index (χ2n) is 5.07. The van der Waals surface area contributed by atoms with Crippen molar-refractivity contribution in [2.24, 2.45) is 0 Å². The van der Waals surface area contributed by atoms with Gasteiger partial charge in [-0.25, -0.2) is 0 Å². The van der Waals surface area contributed by atoms with Crippen LogP contribution in [0.25, 0.3) is 11.6 Å². The average molecular weight is 359 g/mol. The van der Waals surface area contributed by atoms with E-state index in [1.165, 1.54) is 0 Å². The summed E-state index contributed by atoms with van der Waals surface area (Å²) in [5.41, 5.74) is 10.9. The summed E-state index contributed by atoms with van der Waals surface area (Å²) in [6, 6.07) is 28.7. The van der Waals surface area contributed by atoms with Gasteiger partial charge in [-0.15, -0.1) is 0 Å². The number of halogens is 1. The first-order chi connectivity index (χ1) is 11.3. The predicted octanol–water partition coefficient (Wildman–Crippen LogP) is 6.35. The molecule has 0 fully saturated rings. The van der Waals surface area contributed by atoms with Crippen LogP contribution < -0.4 is 0 Å². The Morgan fingerprint density at radius 3 is 1.91 bits per heavy atom. The van der Waals surface area contributed by atoms with E-state index in [0.717, 1.165) is 26.7 Å². The molecule has 110 valence electrons. The van der Waals surface area contributed by atoms with Gasteiger partial charge in [0.2, 0.25) is 0 Å². The molecule has 0 N–H and O–H groups in total. The van der Waals surface area contributed by atoms with Crippen LogP contribution in [0.5, 0.6) is 0 Å². The third-order valence-electron chi connectivity index (χ3n) is 3.43. The Kier molecular flexibility index (Phi) is 5.09. The van der Waals surface area contributed by atoms with Crippen molar-refractivity contribution >= 4 is 27.6 Å². The van der Waals surface area contributed by atoms with Crippen LogP contribution >= 0.6 is 15.9 Å². The van der Waals surface area contributed by atoms with Crippen LogP contribution in [0.15, 0.2) is 101 Å². The molecule has 3 aromatic carbocycles. The van der Waals surface area contributed by atoms with Gasteiger partial charge in [0.05, 0.1) is 0 Å². The summed E-state index contributed by atoms with van der Waals surface area (Å²) in [6.45, 7) is 0. The van der Waals surface area contributed by atoms with Crippen LogP contribution in [-0.2, 0) is 0 Å². The molecular formula is C22H15Br. The Bertz CT molecular complexity index is 862. The van der Waals surface area contributed by atoms with E-state index in [0.29, 0.717) is 0 Å². The van der Waals surface area contributed by atoms with Gasteiger partial charge in [-0.05, 0) is 34.9 Å². The highest BCUT2D eigenvalue weighted by Crippen LogP contribution is 2.23.